The van der Waals surface area contributed by atoms with Crippen LogP contribution in [0.5, 0.6) is 0 Å². The Balaban J connectivity index is 2.24. The fourth-order valence-corrected chi connectivity index (χ4v) is 1.80. The van der Waals surface area contributed by atoms with Crippen LogP contribution < -0.4 is 5.73 Å². The zero-order valence-corrected chi connectivity index (χ0v) is 10.8. The molecule has 0 unspecified atom stereocenters. The maximum atomic E-state index is 13.4. The molecule has 0 spiro atoms. The van der Waals surface area contributed by atoms with Gasteiger partial charge in [0, 0.05) is 11.8 Å². The maximum absolute atomic E-state index is 13.4. The van der Waals surface area contributed by atoms with E-state index in [1.54, 1.807) is 0 Å². The minimum absolute atomic E-state index is 0.0562. The molecule has 0 saturated carbocycles. The number of nitrogens with zero attached hydrogens (tertiary/aromatic N) is 2. The summed E-state index contributed by atoms with van der Waals surface area (Å²) in [5.41, 5.74) is 4.98. The van der Waals surface area contributed by atoms with Crippen LogP contribution in [0.2, 0.25) is 0 Å². The Labute approximate surface area is 117 Å². The fourth-order valence-electron chi connectivity index (χ4n) is 1.65. The SMILES string of the molecule is NC(=S)c1cc(Cn2ccc(C(F)(F)F)n2)ccc1F. The Morgan fingerprint density at radius 1 is 1.30 bits per heavy atom. The van der Waals surface area contributed by atoms with E-state index in [-0.39, 0.29) is 17.1 Å². The summed E-state index contributed by atoms with van der Waals surface area (Å²) in [5.74, 6) is -0.572. The number of benzene rings is 1. The van der Waals surface area contributed by atoms with Gasteiger partial charge in [0.1, 0.15) is 10.8 Å². The molecule has 1 heterocycles. The zero-order chi connectivity index (χ0) is 14.9. The first-order chi connectivity index (χ1) is 9.27. The molecule has 20 heavy (non-hydrogen) atoms. The van der Waals surface area contributed by atoms with E-state index in [0.717, 1.165) is 16.8 Å². The molecule has 3 nitrogen and oxygen atoms in total. The van der Waals surface area contributed by atoms with Gasteiger partial charge in [0.15, 0.2) is 5.69 Å². The van der Waals surface area contributed by atoms with Crippen LogP contribution in [0.1, 0.15) is 16.8 Å². The molecule has 8 heteroatoms. The van der Waals surface area contributed by atoms with E-state index in [1.807, 2.05) is 0 Å². The summed E-state index contributed by atoms with van der Waals surface area (Å²) in [7, 11) is 0. The highest BCUT2D eigenvalue weighted by atomic mass is 32.1. The minimum atomic E-state index is -4.49. The number of aromatic nitrogens is 2. The highest BCUT2D eigenvalue weighted by Crippen LogP contribution is 2.27. The summed E-state index contributed by atoms with van der Waals surface area (Å²) in [4.78, 5) is -0.110. The number of halogens is 4. The Bertz CT molecular complexity index is 648. The largest absolute Gasteiger partial charge is 0.435 e. The molecule has 0 aliphatic rings. The Morgan fingerprint density at radius 2 is 2.00 bits per heavy atom. The second-order valence-corrected chi connectivity index (χ2v) is 4.51. The lowest BCUT2D eigenvalue weighted by Crippen LogP contribution is -2.13. The van der Waals surface area contributed by atoms with Gasteiger partial charge in [-0.3, -0.25) is 4.68 Å². The summed E-state index contributed by atoms with van der Waals surface area (Å²) >= 11 is 4.69. The van der Waals surface area contributed by atoms with Gasteiger partial charge in [-0.2, -0.15) is 18.3 Å². The molecule has 2 aromatic rings. The summed E-state index contributed by atoms with van der Waals surface area (Å²) in [6.07, 6.45) is -3.29. The molecular weight excluding hydrogens is 294 g/mol. The molecule has 0 radical (unpaired) electrons. The van der Waals surface area contributed by atoms with Crippen LogP contribution in [0.4, 0.5) is 17.6 Å². The van der Waals surface area contributed by atoms with E-state index >= 15 is 0 Å². The van der Waals surface area contributed by atoms with Gasteiger partial charge >= 0.3 is 6.18 Å². The zero-order valence-electron chi connectivity index (χ0n) is 9.99. The topological polar surface area (TPSA) is 43.8 Å². The molecule has 2 rings (SSSR count). The lowest BCUT2D eigenvalue weighted by molar-refractivity contribution is -0.141. The third kappa shape index (κ3) is 3.13. The summed E-state index contributed by atoms with van der Waals surface area (Å²) in [5, 5.41) is 3.41. The lowest BCUT2D eigenvalue weighted by atomic mass is 10.1. The smallest absolute Gasteiger partial charge is 0.389 e. The Kier molecular flexibility index (Phi) is 3.76. The van der Waals surface area contributed by atoms with Gasteiger partial charge in [0.25, 0.3) is 0 Å². The Morgan fingerprint density at radius 3 is 2.55 bits per heavy atom. The van der Waals surface area contributed by atoms with Crippen LogP contribution in [-0.4, -0.2) is 14.8 Å². The van der Waals surface area contributed by atoms with Gasteiger partial charge in [-0.25, -0.2) is 4.39 Å². The standard InChI is InChI=1S/C12H9F4N3S/c13-9-2-1-7(5-8(9)11(17)20)6-19-4-3-10(18-19)12(14,15)16/h1-5H,6H2,(H2,17,20). The summed E-state index contributed by atoms with van der Waals surface area (Å²) in [6.45, 7) is 0.0615. The number of thiocarbonyl (C=S) groups is 1. The molecule has 0 aliphatic heterocycles. The second kappa shape index (κ2) is 5.20. The van der Waals surface area contributed by atoms with Crippen LogP contribution in [0.25, 0.3) is 0 Å². The van der Waals surface area contributed by atoms with Crippen LogP contribution in [-0.2, 0) is 12.7 Å². The molecule has 0 aliphatic carbocycles. The molecule has 0 atom stereocenters. The molecule has 0 saturated heterocycles. The van der Waals surface area contributed by atoms with E-state index < -0.39 is 17.7 Å². The van der Waals surface area contributed by atoms with Gasteiger partial charge < -0.3 is 5.73 Å². The van der Waals surface area contributed by atoms with Crippen molar-refractivity contribution >= 4 is 17.2 Å². The third-order valence-corrected chi connectivity index (χ3v) is 2.79. The van der Waals surface area contributed by atoms with Crippen molar-refractivity contribution in [1.29, 1.82) is 0 Å². The van der Waals surface area contributed by atoms with Gasteiger partial charge in [0.05, 0.1) is 6.54 Å². The average Bonchev–Trinajstić information content (AvgIpc) is 2.79. The van der Waals surface area contributed by atoms with Gasteiger partial charge in [-0.1, -0.05) is 18.3 Å². The Hall–Kier alpha value is -1.96. The molecule has 1 aromatic carbocycles. The molecule has 0 bridgehead atoms. The van der Waals surface area contributed by atoms with Crippen LogP contribution >= 0.6 is 12.2 Å². The van der Waals surface area contributed by atoms with Crippen LogP contribution in [0, 0.1) is 5.82 Å². The van der Waals surface area contributed by atoms with Crippen molar-refractivity contribution in [2.75, 3.05) is 0 Å². The average molecular weight is 303 g/mol. The third-order valence-electron chi connectivity index (χ3n) is 2.57. The van der Waals surface area contributed by atoms with E-state index in [2.05, 4.69) is 5.10 Å². The molecule has 0 amide bonds. The summed E-state index contributed by atoms with van der Waals surface area (Å²) in [6, 6.07) is 4.87. The first kappa shape index (κ1) is 14.4. The van der Waals surface area contributed by atoms with E-state index in [4.69, 9.17) is 18.0 Å². The first-order valence-electron chi connectivity index (χ1n) is 5.46. The van der Waals surface area contributed by atoms with Crippen molar-refractivity contribution in [2.24, 2.45) is 5.73 Å². The molecule has 2 N–H and O–H groups in total. The molecular formula is C12H9F4N3S. The van der Waals surface area contributed by atoms with Crippen molar-refractivity contribution in [3.05, 3.63) is 53.1 Å². The number of nitrogens with two attached hydrogens (primary N) is 1. The predicted molar refractivity (Wildman–Crippen MR) is 68.6 cm³/mol. The van der Waals surface area contributed by atoms with Crippen LogP contribution in [0.15, 0.2) is 30.5 Å². The number of hydrogen-bond acceptors (Lipinski definition) is 2. The van der Waals surface area contributed by atoms with E-state index in [1.165, 1.54) is 18.3 Å². The van der Waals surface area contributed by atoms with Crippen molar-refractivity contribution in [2.45, 2.75) is 12.7 Å². The van der Waals surface area contributed by atoms with E-state index in [0.29, 0.717) is 5.56 Å². The fraction of sp³-hybridized carbons (Fsp3) is 0.167. The maximum Gasteiger partial charge on any atom is 0.435 e. The summed E-state index contributed by atoms with van der Waals surface area (Å²) < 4.78 is 51.7. The lowest BCUT2D eigenvalue weighted by Gasteiger charge is -2.06. The van der Waals surface area contributed by atoms with Crippen molar-refractivity contribution < 1.29 is 17.6 Å². The highest BCUT2D eigenvalue weighted by Gasteiger charge is 2.33. The number of alkyl halides is 3. The predicted octanol–water partition coefficient (Wildman–Crippen LogP) is 2.72. The molecule has 1 aromatic heterocycles. The van der Waals surface area contributed by atoms with Crippen molar-refractivity contribution in [1.82, 2.24) is 9.78 Å². The normalized spacial score (nSPS) is 11.6. The molecule has 106 valence electrons. The second-order valence-electron chi connectivity index (χ2n) is 4.07. The first-order valence-corrected chi connectivity index (χ1v) is 5.87. The van der Waals surface area contributed by atoms with Gasteiger partial charge in [-0.05, 0) is 23.8 Å². The monoisotopic (exact) mass is 303 g/mol. The van der Waals surface area contributed by atoms with E-state index in [9.17, 15) is 17.6 Å². The quantitative estimate of drug-likeness (QED) is 0.700. The number of hydrogen-bond donors (Lipinski definition) is 1. The van der Waals surface area contributed by atoms with Gasteiger partial charge in [-0.15, -0.1) is 0 Å². The van der Waals surface area contributed by atoms with Crippen molar-refractivity contribution in [3.63, 3.8) is 0 Å². The number of rotatable bonds is 3. The molecule has 0 fully saturated rings. The van der Waals surface area contributed by atoms with Crippen LogP contribution in [0.3, 0.4) is 0 Å². The van der Waals surface area contributed by atoms with Crippen molar-refractivity contribution in [3.8, 4) is 0 Å². The minimum Gasteiger partial charge on any atom is -0.389 e. The van der Waals surface area contributed by atoms with Gasteiger partial charge in [0.2, 0.25) is 0 Å². The highest BCUT2D eigenvalue weighted by molar-refractivity contribution is 7.80.